The number of benzene rings is 1. The molecule has 0 aromatic heterocycles. The van der Waals surface area contributed by atoms with Crippen LogP contribution in [0.4, 0.5) is 0 Å². The average molecular weight is 311 g/mol. The van der Waals surface area contributed by atoms with Crippen molar-refractivity contribution < 1.29 is 4.74 Å². The Morgan fingerprint density at radius 2 is 2.00 bits per heavy atom. The molecule has 0 radical (unpaired) electrons. The van der Waals surface area contributed by atoms with Crippen molar-refractivity contribution in [1.82, 2.24) is 5.32 Å². The zero-order valence-electron chi connectivity index (χ0n) is 7.90. The topological polar surface area (TPSA) is 21.3 Å². The Labute approximate surface area is 107 Å². The summed E-state index contributed by atoms with van der Waals surface area (Å²) in [4.78, 5) is 0. The fraction of sp³-hybridized carbons (Fsp3) is 0.400. The molecule has 0 aliphatic carbocycles. The Hall–Kier alpha value is 0.200. The highest BCUT2D eigenvalue weighted by Crippen LogP contribution is 2.34. The molecule has 15 heavy (non-hydrogen) atoms. The van der Waals surface area contributed by atoms with Crippen LogP contribution < -0.4 is 5.32 Å². The molecule has 1 aromatic carbocycles. The number of morpholine rings is 1. The highest BCUT2D eigenvalue weighted by molar-refractivity contribution is 9.10. The van der Waals surface area contributed by atoms with Crippen molar-refractivity contribution in [2.45, 2.75) is 6.04 Å². The molecule has 0 saturated carbocycles. The summed E-state index contributed by atoms with van der Waals surface area (Å²) < 4.78 is 6.27. The number of ether oxygens (including phenoxy) is 1. The van der Waals surface area contributed by atoms with Gasteiger partial charge in [0.1, 0.15) is 0 Å². The van der Waals surface area contributed by atoms with E-state index in [1.807, 2.05) is 12.1 Å². The van der Waals surface area contributed by atoms with Gasteiger partial charge >= 0.3 is 0 Å². The Morgan fingerprint density at radius 3 is 2.53 bits per heavy atom. The van der Waals surface area contributed by atoms with Crippen molar-refractivity contribution in [1.29, 1.82) is 0 Å². The van der Waals surface area contributed by atoms with Gasteiger partial charge in [-0.15, -0.1) is 0 Å². The summed E-state index contributed by atoms with van der Waals surface area (Å²) in [5.74, 6) is 0. The molecule has 1 fully saturated rings. The lowest BCUT2D eigenvalue weighted by Gasteiger charge is -2.25. The Bertz CT molecular complexity index is 343. The Morgan fingerprint density at radius 1 is 1.33 bits per heavy atom. The summed E-state index contributed by atoms with van der Waals surface area (Å²) in [7, 11) is 0. The Kier molecular flexibility index (Phi) is 3.91. The molecule has 82 valence electrons. The summed E-state index contributed by atoms with van der Waals surface area (Å²) >= 11 is 15.7. The van der Waals surface area contributed by atoms with Gasteiger partial charge in [-0.2, -0.15) is 0 Å². The lowest BCUT2D eigenvalue weighted by atomic mass is 10.1. The van der Waals surface area contributed by atoms with E-state index in [-0.39, 0.29) is 6.04 Å². The van der Waals surface area contributed by atoms with Gasteiger partial charge in [0, 0.05) is 26.6 Å². The van der Waals surface area contributed by atoms with Crippen LogP contribution in [-0.4, -0.2) is 19.8 Å². The van der Waals surface area contributed by atoms with Crippen LogP contribution in [0.5, 0.6) is 0 Å². The number of nitrogens with one attached hydrogen (secondary N) is 1. The first-order chi connectivity index (χ1) is 7.18. The molecule has 0 bridgehead atoms. The molecule has 0 amide bonds. The van der Waals surface area contributed by atoms with Crippen molar-refractivity contribution in [2.75, 3.05) is 19.8 Å². The molecule has 1 heterocycles. The quantitative estimate of drug-likeness (QED) is 0.858. The normalized spacial score (nSPS) is 21.7. The van der Waals surface area contributed by atoms with Gasteiger partial charge in [-0.1, -0.05) is 39.1 Å². The van der Waals surface area contributed by atoms with Crippen LogP contribution in [0.2, 0.25) is 10.0 Å². The standard InChI is InChI=1S/C10H10BrCl2NO/c11-6-3-7(12)10(8(13)4-6)9-5-15-2-1-14-9/h3-4,9,14H,1-2,5H2. The minimum absolute atomic E-state index is 0.0897. The third-order valence-corrected chi connectivity index (χ3v) is 3.40. The first-order valence-electron chi connectivity index (χ1n) is 4.64. The average Bonchev–Trinajstić information content (AvgIpc) is 2.17. The van der Waals surface area contributed by atoms with Crippen LogP contribution in [0.15, 0.2) is 16.6 Å². The van der Waals surface area contributed by atoms with Gasteiger partial charge in [0.15, 0.2) is 0 Å². The SMILES string of the molecule is Clc1cc(Br)cc(Cl)c1C1COCCN1. The second kappa shape index (κ2) is 5.02. The fourth-order valence-corrected chi connectivity index (χ4v) is 3.11. The van der Waals surface area contributed by atoms with E-state index >= 15 is 0 Å². The van der Waals surface area contributed by atoms with E-state index in [0.29, 0.717) is 16.7 Å². The van der Waals surface area contributed by atoms with Gasteiger partial charge in [-0.3, -0.25) is 0 Å². The van der Waals surface area contributed by atoms with Gasteiger partial charge in [0.25, 0.3) is 0 Å². The summed E-state index contributed by atoms with van der Waals surface area (Å²) in [6.45, 7) is 2.18. The van der Waals surface area contributed by atoms with Crippen LogP contribution in [0.3, 0.4) is 0 Å². The van der Waals surface area contributed by atoms with Crippen LogP contribution >= 0.6 is 39.1 Å². The molecule has 1 atom stereocenters. The molecule has 1 aromatic rings. The maximum Gasteiger partial charge on any atom is 0.0663 e. The van der Waals surface area contributed by atoms with Gasteiger partial charge in [-0.05, 0) is 12.1 Å². The van der Waals surface area contributed by atoms with Crippen LogP contribution in [0.25, 0.3) is 0 Å². The van der Waals surface area contributed by atoms with Crippen molar-refractivity contribution in [3.05, 3.63) is 32.2 Å². The molecule has 1 saturated heterocycles. The minimum Gasteiger partial charge on any atom is -0.378 e. The first-order valence-corrected chi connectivity index (χ1v) is 6.19. The molecule has 1 aliphatic heterocycles. The zero-order valence-corrected chi connectivity index (χ0v) is 11.0. The number of hydrogen-bond acceptors (Lipinski definition) is 2. The number of hydrogen-bond donors (Lipinski definition) is 1. The van der Waals surface area contributed by atoms with Crippen molar-refractivity contribution in [3.63, 3.8) is 0 Å². The van der Waals surface area contributed by atoms with Crippen LogP contribution in [0, 0.1) is 0 Å². The third kappa shape index (κ3) is 2.66. The fourth-order valence-electron chi connectivity index (χ4n) is 1.64. The molecule has 1 unspecified atom stereocenters. The van der Waals surface area contributed by atoms with Crippen LogP contribution in [-0.2, 0) is 4.74 Å². The van der Waals surface area contributed by atoms with E-state index in [1.54, 1.807) is 0 Å². The summed E-state index contributed by atoms with van der Waals surface area (Å²) in [6.07, 6.45) is 0. The molecule has 1 N–H and O–H groups in total. The molecule has 1 aliphatic rings. The van der Waals surface area contributed by atoms with E-state index in [9.17, 15) is 0 Å². The smallest absolute Gasteiger partial charge is 0.0663 e. The minimum atomic E-state index is 0.0897. The summed E-state index contributed by atoms with van der Waals surface area (Å²) in [5.41, 5.74) is 0.918. The van der Waals surface area contributed by atoms with E-state index in [0.717, 1.165) is 23.2 Å². The third-order valence-electron chi connectivity index (χ3n) is 2.31. The molecule has 5 heteroatoms. The molecular formula is C10H10BrCl2NO. The number of rotatable bonds is 1. The van der Waals surface area contributed by atoms with Gasteiger partial charge in [0.05, 0.1) is 19.3 Å². The first kappa shape index (κ1) is 11.7. The maximum absolute atomic E-state index is 6.16. The molecule has 2 nitrogen and oxygen atoms in total. The van der Waals surface area contributed by atoms with E-state index in [4.69, 9.17) is 27.9 Å². The number of halogens is 3. The Balaban J connectivity index is 2.33. The molecule has 0 spiro atoms. The second-order valence-electron chi connectivity index (χ2n) is 3.36. The molecule has 2 rings (SSSR count). The van der Waals surface area contributed by atoms with Crippen LogP contribution in [0.1, 0.15) is 11.6 Å². The highest BCUT2D eigenvalue weighted by Gasteiger charge is 2.21. The van der Waals surface area contributed by atoms with E-state index < -0.39 is 0 Å². The molecular weight excluding hydrogens is 301 g/mol. The van der Waals surface area contributed by atoms with Gasteiger partial charge in [0.2, 0.25) is 0 Å². The van der Waals surface area contributed by atoms with Gasteiger partial charge in [-0.25, -0.2) is 0 Å². The highest BCUT2D eigenvalue weighted by atomic mass is 79.9. The van der Waals surface area contributed by atoms with E-state index in [1.165, 1.54) is 0 Å². The zero-order chi connectivity index (χ0) is 10.8. The summed E-state index contributed by atoms with van der Waals surface area (Å²) in [6, 6.07) is 3.78. The largest absolute Gasteiger partial charge is 0.378 e. The monoisotopic (exact) mass is 309 g/mol. The lowest BCUT2D eigenvalue weighted by Crippen LogP contribution is -2.34. The van der Waals surface area contributed by atoms with Crippen molar-refractivity contribution in [2.24, 2.45) is 0 Å². The second-order valence-corrected chi connectivity index (χ2v) is 5.09. The van der Waals surface area contributed by atoms with Gasteiger partial charge < -0.3 is 10.1 Å². The van der Waals surface area contributed by atoms with Crippen molar-refractivity contribution in [3.8, 4) is 0 Å². The maximum atomic E-state index is 6.16. The predicted molar refractivity (Wildman–Crippen MR) is 65.7 cm³/mol. The van der Waals surface area contributed by atoms with Crippen molar-refractivity contribution >= 4 is 39.1 Å². The van der Waals surface area contributed by atoms with E-state index in [2.05, 4.69) is 21.2 Å². The summed E-state index contributed by atoms with van der Waals surface area (Å²) in [5, 5.41) is 4.66. The predicted octanol–water partition coefficient (Wildman–Crippen LogP) is 3.42. The lowest BCUT2D eigenvalue weighted by molar-refractivity contribution is 0.0769.